The van der Waals surface area contributed by atoms with Gasteiger partial charge in [-0.05, 0) is 25.0 Å². The van der Waals surface area contributed by atoms with E-state index in [9.17, 15) is 4.79 Å². The molecule has 19 heavy (non-hydrogen) atoms. The fourth-order valence-electron chi connectivity index (χ4n) is 1.97. The zero-order valence-corrected chi connectivity index (χ0v) is 10.7. The fraction of sp³-hybridized carbons (Fsp3) is 0.385. The summed E-state index contributed by atoms with van der Waals surface area (Å²) in [6.45, 7) is 1.60. The highest BCUT2D eigenvalue weighted by Crippen LogP contribution is 2.24. The summed E-state index contributed by atoms with van der Waals surface area (Å²) in [5.41, 5.74) is 5.85. The van der Waals surface area contributed by atoms with Crippen LogP contribution in [0, 0.1) is 5.41 Å². The molecule has 0 unspecified atom stereocenters. The van der Waals surface area contributed by atoms with Crippen LogP contribution in [0.2, 0.25) is 0 Å². The molecule has 6 nitrogen and oxygen atoms in total. The van der Waals surface area contributed by atoms with Gasteiger partial charge in [-0.15, -0.1) is 0 Å². The van der Waals surface area contributed by atoms with Crippen molar-refractivity contribution in [2.45, 2.75) is 12.8 Å². The van der Waals surface area contributed by atoms with Crippen molar-refractivity contribution >= 4 is 17.6 Å². The van der Waals surface area contributed by atoms with Gasteiger partial charge < -0.3 is 20.7 Å². The van der Waals surface area contributed by atoms with Gasteiger partial charge in [0.05, 0.1) is 5.69 Å². The molecule has 102 valence electrons. The molecule has 1 heterocycles. The van der Waals surface area contributed by atoms with E-state index >= 15 is 0 Å². The molecule has 2 rings (SSSR count). The van der Waals surface area contributed by atoms with Gasteiger partial charge in [-0.3, -0.25) is 5.41 Å². The molecule has 1 aliphatic heterocycles. The number of amidine groups is 1. The van der Waals surface area contributed by atoms with E-state index < -0.39 is 0 Å². The number of hydrogen-bond donors (Lipinski definition) is 3. The van der Waals surface area contributed by atoms with Crippen LogP contribution in [-0.2, 0) is 0 Å². The normalized spacial score (nSPS) is 14.2. The highest BCUT2D eigenvalue weighted by molar-refractivity contribution is 5.91. The molecule has 0 spiro atoms. The maximum atomic E-state index is 12.0. The van der Waals surface area contributed by atoms with Crippen molar-refractivity contribution in [2.24, 2.45) is 5.73 Å². The summed E-state index contributed by atoms with van der Waals surface area (Å²) in [7, 11) is 0. The third kappa shape index (κ3) is 3.61. The fourth-order valence-corrected chi connectivity index (χ4v) is 1.97. The molecule has 1 fully saturated rings. The van der Waals surface area contributed by atoms with Crippen molar-refractivity contribution < 1.29 is 9.53 Å². The van der Waals surface area contributed by atoms with E-state index in [0.29, 0.717) is 11.4 Å². The average molecular weight is 262 g/mol. The Balaban J connectivity index is 2.02. The molecule has 4 N–H and O–H groups in total. The van der Waals surface area contributed by atoms with Crippen LogP contribution in [0.25, 0.3) is 0 Å². The molecule has 0 aliphatic carbocycles. The molecular weight excluding hydrogens is 244 g/mol. The molecule has 0 bridgehead atoms. The number of benzene rings is 1. The number of nitrogens with two attached hydrogens (primary N) is 1. The van der Waals surface area contributed by atoms with Crippen molar-refractivity contribution in [3.05, 3.63) is 24.3 Å². The van der Waals surface area contributed by atoms with E-state index in [2.05, 4.69) is 5.32 Å². The summed E-state index contributed by atoms with van der Waals surface area (Å²) < 4.78 is 5.38. The highest BCUT2D eigenvalue weighted by atomic mass is 16.5. The number of hydrogen-bond acceptors (Lipinski definition) is 3. The summed E-state index contributed by atoms with van der Waals surface area (Å²) >= 11 is 0. The maximum absolute atomic E-state index is 12.0. The Labute approximate surface area is 112 Å². The number of likely N-dealkylation sites (tertiary alicyclic amines) is 1. The molecule has 0 radical (unpaired) electrons. The second kappa shape index (κ2) is 6.08. The average Bonchev–Trinajstić information content (AvgIpc) is 2.91. The highest BCUT2D eigenvalue weighted by Gasteiger charge is 2.18. The molecule has 0 saturated carbocycles. The number of ether oxygens (including phenoxy) is 1. The van der Waals surface area contributed by atoms with Crippen molar-refractivity contribution in [1.82, 2.24) is 4.90 Å². The SMILES string of the molecule is N=C(N)COc1ccccc1NC(=O)N1CCCC1. The molecule has 1 aliphatic rings. The van der Waals surface area contributed by atoms with Gasteiger partial charge in [0, 0.05) is 13.1 Å². The summed E-state index contributed by atoms with van der Waals surface area (Å²) in [5.74, 6) is 0.464. The molecule has 1 aromatic carbocycles. The Kier molecular flexibility index (Phi) is 4.22. The van der Waals surface area contributed by atoms with Crippen molar-refractivity contribution in [1.29, 1.82) is 5.41 Å². The second-order valence-corrected chi connectivity index (χ2v) is 4.43. The number of para-hydroxylation sites is 2. The van der Waals surface area contributed by atoms with Crippen molar-refractivity contribution in [3.8, 4) is 5.75 Å². The van der Waals surface area contributed by atoms with Gasteiger partial charge in [0.15, 0.2) is 0 Å². The zero-order chi connectivity index (χ0) is 13.7. The van der Waals surface area contributed by atoms with Crippen LogP contribution in [0.1, 0.15) is 12.8 Å². The number of carbonyl (C=O) groups is 1. The van der Waals surface area contributed by atoms with E-state index in [1.165, 1.54) is 0 Å². The number of nitrogens with zero attached hydrogens (tertiary/aromatic N) is 1. The lowest BCUT2D eigenvalue weighted by Gasteiger charge is -2.18. The number of carbonyl (C=O) groups excluding carboxylic acids is 1. The first kappa shape index (κ1) is 13.2. The Hall–Kier alpha value is -2.24. The molecule has 6 heteroatoms. The molecule has 2 amide bonds. The molecular formula is C13H18N4O2. The summed E-state index contributed by atoms with van der Waals surface area (Å²) in [6, 6.07) is 7.02. The Morgan fingerprint density at radius 2 is 2.05 bits per heavy atom. The van der Waals surface area contributed by atoms with Gasteiger partial charge >= 0.3 is 6.03 Å². The predicted molar refractivity (Wildman–Crippen MR) is 73.7 cm³/mol. The molecule has 1 saturated heterocycles. The third-order valence-electron chi connectivity index (χ3n) is 2.91. The van der Waals surface area contributed by atoms with Crippen LogP contribution in [0.3, 0.4) is 0 Å². The van der Waals surface area contributed by atoms with Crippen LogP contribution in [-0.4, -0.2) is 36.5 Å². The summed E-state index contributed by atoms with van der Waals surface area (Å²) in [5, 5.41) is 9.98. The number of urea groups is 1. The minimum absolute atomic E-state index is 0.0105. The minimum Gasteiger partial charge on any atom is -0.484 e. The van der Waals surface area contributed by atoms with Crippen LogP contribution < -0.4 is 15.8 Å². The Morgan fingerprint density at radius 3 is 2.74 bits per heavy atom. The largest absolute Gasteiger partial charge is 0.484 e. The smallest absolute Gasteiger partial charge is 0.321 e. The lowest BCUT2D eigenvalue weighted by molar-refractivity contribution is 0.222. The van der Waals surface area contributed by atoms with Crippen LogP contribution >= 0.6 is 0 Å². The quantitative estimate of drug-likeness (QED) is 0.569. The Bertz CT molecular complexity index is 469. The number of rotatable bonds is 4. The van der Waals surface area contributed by atoms with Gasteiger partial charge in [0.2, 0.25) is 0 Å². The standard InChI is InChI=1S/C13H18N4O2/c14-12(15)9-19-11-6-2-1-5-10(11)16-13(18)17-7-3-4-8-17/h1-2,5-6H,3-4,7-9H2,(H3,14,15)(H,16,18). The summed E-state index contributed by atoms with van der Waals surface area (Å²) in [6.07, 6.45) is 2.10. The zero-order valence-electron chi connectivity index (χ0n) is 10.7. The number of anilines is 1. The lowest BCUT2D eigenvalue weighted by Crippen LogP contribution is -2.32. The Morgan fingerprint density at radius 1 is 1.37 bits per heavy atom. The molecule has 0 atom stereocenters. The summed E-state index contributed by atoms with van der Waals surface area (Å²) in [4.78, 5) is 13.8. The first-order valence-electron chi connectivity index (χ1n) is 6.27. The topological polar surface area (TPSA) is 91.4 Å². The van der Waals surface area contributed by atoms with Gasteiger partial charge in [0.25, 0.3) is 0 Å². The maximum Gasteiger partial charge on any atom is 0.321 e. The minimum atomic E-state index is -0.114. The monoisotopic (exact) mass is 262 g/mol. The van der Waals surface area contributed by atoms with Crippen LogP contribution in [0.15, 0.2) is 24.3 Å². The lowest BCUT2D eigenvalue weighted by atomic mass is 10.3. The van der Waals surface area contributed by atoms with E-state index in [4.69, 9.17) is 15.9 Å². The molecule has 0 aromatic heterocycles. The molecule has 1 aromatic rings. The van der Waals surface area contributed by atoms with E-state index in [1.54, 1.807) is 23.1 Å². The van der Waals surface area contributed by atoms with E-state index in [1.807, 2.05) is 6.07 Å². The van der Waals surface area contributed by atoms with E-state index in [0.717, 1.165) is 25.9 Å². The van der Waals surface area contributed by atoms with Crippen LogP contribution in [0.5, 0.6) is 5.75 Å². The van der Waals surface area contributed by atoms with E-state index in [-0.39, 0.29) is 18.5 Å². The van der Waals surface area contributed by atoms with Gasteiger partial charge in [-0.25, -0.2) is 4.79 Å². The van der Waals surface area contributed by atoms with Crippen molar-refractivity contribution in [3.63, 3.8) is 0 Å². The van der Waals surface area contributed by atoms with Gasteiger partial charge in [-0.2, -0.15) is 0 Å². The second-order valence-electron chi connectivity index (χ2n) is 4.43. The first-order chi connectivity index (χ1) is 9.16. The number of amides is 2. The van der Waals surface area contributed by atoms with Crippen molar-refractivity contribution in [2.75, 3.05) is 25.0 Å². The van der Waals surface area contributed by atoms with Gasteiger partial charge in [0.1, 0.15) is 18.2 Å². The third-order valence-corrected chi connectivity index (χ3v) is 2.91. The van der Waals surface area contributed by atoms with Gasteiger partial charge in [-0.1, -0.05) is 12.1 Å². The van der Waals surface area contributed by atoms with Crippen LogP contribution in [0.4, 0.5) is 10.5 Å². The number of nitrogens with one attached hydrogen (secondary N) is 2. The predicted octanol–water partition coefficient (Wildman–Crippen LogP) is 1.63. The first-order valence-corrected chi connectivity index (χ1v) is 6.27.